The topological polar surface area (TPSA) is 55.5 Å². The highest BCUT2D eigenvalue weighted by atomic mass is 16.2. The van der Waals surface area contributed by atoms with Gasteiger partial charge in [-0.1, -0.05) is 30.3 Å². The lowest BCUT2D eigenvalue weighted by atomic mass is 9.86. The summed E-state index contributed by atoms with van der Waals surface area (Å²) < 4.78 is 0. The van der Waals surface area contributed by atoms with Crippen molar-refractivity contribution in [3.05, 3.63) is 77.6 Å². The lowest BCUT2D eigenvalue weighted by molar-refractivity contribution is 0.0399. The van der Waals surface area contributed by atoms with Crippen LogP contribution in [0.2, 0.25) is 0 Å². The average molecular weight is 508 g/mol. The van der Waals surface area contributed by atoms with Crippen molar-refractivity contribution < 1.29 is 4.79 Å². The number of hydrogen-bond donors (Lipinski definition) is 1. The molecule has 38 heavy (non-hydrogen) atoms. The van der Waals surface area contributed by atoms with Gasteiger partial charge in [-0.25, -0.2) is 4.98 Å². The molecule has 0 spiro atoms. The number of likely N-dealkylation sites (tertiary alicyclic amines) is 2. The molecule has 0 bridgehead atoms. The number of nitrogens with one attached hydrogen (secondary N) is 1. The molecule has 4 aromatic rings. The average Bonchev–Trinajstić information content (AvgIpc) is 3.31. The summed E-state index contributed by atoms with van der Waals surface area (Å²) in [6.45, 7) is 6.18. The van der Waals surface area contributed by atoms with Crippen LogP contribution >= 0.6 is 0 Å². The van der Waals surface area contributed by atoms with Gasteiger partial charge in [0.1, 0.15) is 5.65 Å². The molecular formula is C32H37N5O. The van der Waals surface area contributed by atoms with Crippen molar-refractivity contribution in [2.75, 3.05) is 47.3 Å². The Bertz CT molecular complexity index is 1460. The Morgan fingerprint density at radius 1 is 0.974 bits per heavy atom. The molecule has 1 N–H and O–H groups in total. The smallest absolute Gasteiger partial charge is 0.253 e. The molecule has 2 aliphatic heterocycles. The van der Waals surface area contributed by atoms with Crippen molar-refractivity contribution in [2.45, 2.75) is 31.7 Å². The lowest BCUT2D eigenvalue weighted by Gasteiger charge is -2.42. The van der Waals surface area contributed by atoms with Gasteiger partial charge in [-0.15, -0.1) is 0 Å². The van der Waals surface area contributed by atoms with E-state index < -0.39 is 0 Å². The minimum absolute atomic E-state index is 0.108. The van der Waals surface area contributed by atoms with Gasteiger partial charge in [-0.3, -0.25) is 4.79 Å². The quantitative estimate of drug-likeness (QED) is 0.393. The van der Waals surface area contributed by atoms with Crippen molar-refractivity contribution in [2.24, 2.45) is 0 Å². The van der Waals surface area contributed by atoms with E-state index in [0.717, 1.165) is 46.4 Å². The number of likely N-dealkylation sites (N-methyl/N-ethyl adjacent to an activating group) is 1. The van der Waals surface area contributed by atoms with Gasteiger partial charge in [0.15, 0.2) is 0 Å². The summed E-state index contributed by atoms with van der Waals surface area (Å²) in [5.41, 5.74) is 8.97. The number of carbonyl (C=O) groups excluding carboxylic acids is 1. The zero-order valence-corrected chi connectivity index (χ0v) is 22.9. The first kappa shape index (κ1) is 24.8. The second kappa shape index (κ2) is 10.0. The van der Waals surface area contributed by atoms with Gasteiger partial charge >= 0.3 is 0 Å². The maximum Gasteiger partial charge on any atom is 0.253 e. The number of amides is 1. The molecule has 4 heterocycles. The number of aromatic amines is 1. The molecule has 6 nitrogen and oxygen atoms in total. The third-order valence-corrected chi connectivity index (χ3v) is 8.62. The largest absolute Gasteiger partial charge is 0.346 e. The Labute approximate surface area is 225 Å². The number of piperidine rings is 1. The number of fused-ring (bicyclic) bond motifs is 1. The highest BCUT2D eigenvalue weighted by Crippen LogP contribution is 2.35. The van der Waals surface area contributed by atoms with Crippen LogP contribution in [0.25, 0.3) is 33.3 Å². The third kappa shape index (κ3) is 4.63. The van der Waals surface area contributed by atoms with Gasteiger partial charge in [0.05, 0.1) is 0 Å². The molecule has 0 aliphatic carbocycles. The number of pyridine rings is 1. The zero-order valence-electron chi connectivity index (χ0n) is 22.9. The summed E-state index contributed by atoms with van der Waals surface area (Å²) in [5.74, 6) is 0.763. The van der Waals surface area contributed by atoms with E-state index in [1.165, 1.54) is 42.6 Å². The molecule has 0 saturated carbocycles. The van der Waals surface area contributed by atoms with E-state index in [4.69, 9.17) is 4.98 Å². The SMILES string of the molecule is Cc1cc(-c2cnc3[nH]cc(-c4ccc(C(=O)N5CC(N(C)C)C5)cc4)c3c2)ccc1C1CCN(C)CC1. The number of hydrogen-bond acceptors (Lipinski definition) is 4. The fraction of sp³-hybridized carbons (Fsp3) is 0.375. The molecule has 6 heteroatoms. The fourth-order valence-electron chi connectivity index (χ4n) is 5.96. The Balaban J connectivity index is 1.23. The number of carbonyl (C=O) groups is 1. The van der Waals surface area contributed by atoms with Crippen molar-refractivity contribution in [3.8, 4) is 22.3 Å². The minimum Gasteiger partial charge on any atom is -0.346 e. The molecule has 6 rings (SSSR count). The molecule has 196 valence electrons. The zero-order chi connectivity index (χ0) is 26.4. The van der Waals surface area contributed by atoms with E-state index >= 15 is 0 Å². The first-order valence-corrected chi connectivity index (χ1v) is 13.7. The highest BCUT2D eigenvalue weighted by Gasteiger charge is 2.32. The van der Waals surface area contributed by atoms with Crippen LogP contribution < -0.4 is 0 Å². The molecule has 2 saturated heterocycles. The number of benzene rings is 2. The monoisotopic (exact) mass is 507 g/mol. The third-order valence-electron chi connectivity index (χ3n) is 8.62. The lowest BCUT2D eigenvalue weighted by Crippen LogP contribution is -2.59. The second-order valence-electron chi connectivity index (χ2n) is 11.4. The van der Waals surface area contributed by atoms with Crippen molar-refractivity contribution in [1.29, 1.82) is 0 Å². The van der Waals surface area contributed by atoms with E-state index in [0.29, 0.717) is 12.0 Å². The van der Waals surface area contributed by atoms with E-state index in [9.17, 15) is 4.79 Å². The molecule has 2 aliphatic rings. The van der Waals surface area contributed by atoms with Crippen LogP contribution in [-0.4, -0.2) is 83.9 Å². The Morgan fingerprint density at radius 2 is 1.68 bits per heavy atom. The number of rotatable bonds is 5. The van der Waals surface area contributed by atoms with Gasteiger partial charge in [0.2, 0.25) is 0 Å². The summed E-state index contributed by atoms with van der Waals surface area (Å²) in [6.07, 6.45) is 6.44. The summed E-state index contributed by atoms with van der Waals surface area (Å²) in [5, 5.41) is 1.09. The highest BCUT2D eigenvalue weighted by molar-refractivity contribution is 5.98. The Kier molecular flexibility index (Phi) is 6.54. The number of nitrogens with zero attached hydrogens (tertiary/aromatic N) is 4. The van der Waals surface area contributed by atoms with Gasteiger partial charge < -0.3 is 19.7 Å². The van der Waals surface area contributed by atoms with E-state index in [-0.39, 0.29) is 5.91 Å². The van der Waals surface area contributed by atoms with Gasteiger partial charge in [-0.05, 0) is 100 Å². The minimum atomic E-state index is 0.108. The van der Waals surface area contributed by atoms with Crippen LogP contribution in [-0.2, 0) is 0 Å². The molecule has 1 amide bonds. The number of aryl methyl sites for hydroxylation is 1. The predicted molar refractivity (Wildman–Crippen MR) is 155 cm³/mol. The Morgan fingerprint density at radius 3 is 2.37 bits per heavy atom. The number of H-pyrrole nitrogens is 1. The maximum absolute atomic E-state index is 12.9. The summed E-state index contributed by atoms with van der Waals surface area (Å²) in [4.78, 5) is 27.4. The van der Waals surface area contributed by atoms with Crippen molar-refractivity contribution in [1.82, 2.24) is 24.7 Å². The van der Waals surface area contributed by atoms with E-state index in [1.54, 1.807) is 0 Å². The maximum atomic E-state index is 12.9. The molecular weight excluding hydrogens is 470 g/mol. The first-order valence-electron chi connectivity index (χ1n) is 13.7. The van der Waals surface area contributed by atoms with E-state index in [2.05, 4.69) is 67.1 Å². The van der Waals surface area contributed by atoms with Crippen molar-refractivity contribution in [3.63, 3.8) is 0 Å². The fourth-order valence-corrected chi connectivity index (χ4v) is 5.96. The molecule has 0 atom stereocenters. The van der Waals surface area contributed by atoms with E-state index in [1.807, 2.05) is 41.6 Å². The normalized spacial score (nSPS) is 17.3. The van der Waals surface area contributed by atoms with Crippen LogP contribution in [0.3, 0.4) is 0 Å². The van der Waals surface area contributed by atoms with Gasteiger partial charge in [0, 0.05) is 53.6 Å². The standard InChI is InChI=1S/C32H37N5O/c1-21-15-25(9-10-28(21)23-11-13-36(4)14-12-23)26-16-29-30(18-34-31(29)33-17-26)22-5-7-24(8-6-22)32(38)37-19-27(20-37)35(2)3/h5-10,15-18,23,27H,11-14,19-20H2,1-4H3,(H,33,34). The van der Waals surface area contributed by atoms with Crippen LogP contribution in [0.5, 0.6) is 0 Å². The van der Waals surface area contributed by atoms with Crippen LogP contribution in [0.1, 0.15) is 40.2 Å². The van der Waals surface area contributed by atoms with Crippen molar-refractivity contribution >= 4 is 16.9 Å². The van der Waals surface area contributed by atoms with Crippen LogP contribution in [0.15, 0.2) is 60.9 Å². The number of aromatic nitrogens is 2. The molecule has 0 unspecified atom stereocenters. The first-order chi connectivity index (χ1) is 18.4. The molecule has 2 fully saturated rings. The second-order valence-corrected chi connectivity index (χ2v) is 11.4. The van der Waals surface area contributed by atoms with Gasteiger partial charge in [-0.2, -0.15) is 0 Å². The van der Waals surface area contributed by atoms with Crippen LogP contribution in [0, 0.1) is 6.92 Å². The predicted octanol–water partition coefficient (Wildman–Crippen LogP) is 5.40. The van der Waals surface area contributed by atoms with Gasteiger partial charge in [0.25, 0.3) is 5.91 Å². The summed E-state index contributed by atoms with van der Waals surface area (Å²) in [6, 6.07) is 17.6. The molecule has 2 aromatic heterocycles. The Hall–Kier alpha value is -3.48. The summed E-state index contributed by atoms with van der Waals surface area (Å²) in [7, 11) is 6.34. The van der Waals surface area contributed by atoms with Crippen LogP contribution in [0.4, 0.5) is 0 Å². The molecule has 2 aromatic carbocycles. The summed E-state index contributed by atoms with van der Waals surface area (Å²) >= 11 is 0. The molecule has 0 radical (unpaired) electrons.